The molecule has 0 radical (unpaired) electrons. The van der Waals surface area contributed by atoms with Gasteiger partial charge >= 0.3 is 0 Å². The minimum Gasteiger partial charge on any atom is -0.392 e. The molecule has 6 heteroatoms. The van der Waals surface area contributed by atoms with Gasteiger partial charge in [0.2, 0.25) is 0 Å². The highest BCUT2D eigenvalue weighted by Crippen LogP contribution is 2.23. The Morgan fingerprint density at radius 2 is 1.95 bits per heavy atom. The van der Waals surface area contributed by atoms with Gasteiger partial charge in [0.05, 0.1) is 17.2 Å². The SMILES string of the molecule is Cc1ccc(Cl)cc1NS(=O)(=O)c1cccc(CO)c1. The third kappa shape index (κ3) is 3.30. The molecule has 0 saturated carbocycles. The lowest BCUT2D eigenvalue weighted by molar-refractivity contribution is 0.281. The molecule has 2 N–H and O–H groups in total. The maximum Gasteiger partial charge on any atom is 0.261 e. The lowest BCUT2D eigenvalue weighted by atomic mass is 10.2. The number of sulfonamides is 1. The number of aliphatic hydroxyl groups is 1. The summed E-state index contributed by atoms with van der Waals surface area (Å²) in [6.07, 6.45) is 0. The highest BCUT2D eigenvalue weighted by Gasteiger charge is 2.15. The lowest BCUT2D eigenvalue weighted by Gasteiger charge is -2.11. The van der Waals surface area contributed by atoms with Crippen LogP contribution in [0.4, 0.5) is 5.69 Å². The van der Waals surface area contributed by atoms with E-state index in [1.807, 2.05) is 0 Å². The summed E-state index contributed by atoms with van der Waals surface area (Å²) in [7, 11) is -3.70. The molecular formula is C14H14ClNO3S. The second-order valence-electron chi connectivity index (χ2n) is 4.37. The minimum absolute atomic E-state index is 0.100. The van der Waals surface area contributed by atoms with E-state index in [0.717, 1.165) is 5.56 Å². The fraction of sp³-hybridized carbons (Fsp3) is 0.143. The average Bonchev–Trinajstić information content (AvgIpc) is 2.43. The van der Waals surface area contributed by atoms with Crippen LogP contribution >= 0.6 is 11.6 Å². The zero-order valence-electron chi connectivity index (χ0n) is 10.8. The molecule has 0 aliphatic carbocycles. The van der Waals surface area contributed by atoms with Crippen LogP contribution in [-0.4, -0.2) is 13.5 Å². The molecule has 0 heterocycles. The van der Waals surface area contributed by atoms with Crippen molar-refractivity contribution in [2.45, 2.75) is 18.4 Å². The maximum atomic E-state index is 12.3. The van der Waals surface area contributed by atoms with E-state index in [1.54, 1.807) is 37.3 Å². The topological polar surface area (TPSA) is 66.4 Å². The predicted molar refractivity (Wildman–Crippen MR) is 79.4 cm³/mol. The van der Waals surface area contributed by atoms with Gasteiger partial charge in [0.25, 0.3) is 10.0 Å². The number of rotatable bonds is 4. The van der Waals surface area contributed by atoms with Gasteiger partial charge in [-0.2, -0.15) is 0 Å². The van der Waals surface area contributed by atoms with Crippen molar-refractivity contribution in [2.75, 3.05) is 4.72 Å². The molecule has 20 heavy (non-hydrogen) atoms. The normalized spacial score (nSPS) is 11.3. The highest BCUT2D eigenvalue weighted by molar-refractivity contribution is 7.92. The molecule has 0 fully saturated rings. The zero-order valence-corrected chi connectivity index (χ0v) is 12.4. The van der Waals surface area contributed by atoms with Gasteiger partial charge in [0.15, 0.2) is 0 Å². The summed E-state index contributed by atoms with van der Waals surface area (Å²) < 4.78 is 27.1. The van der Waals surface area contributed by atoms with Gasteiger partial charge in [0, 0.05) is 5.02 Å². The quantitative estimate of drug-likeness (QED) is 0.912. The van der Waals surface area contributed by atoms with E-state index < -0.39 is 10.0 Å². The Labute approximate surface area is 123 Å². The van der Waals surface area contributed by atoms with E-state index in [4.69, 9.17) is 16.7 Å². The van der Waals surface area contributed by atoms with Crippen molar-refractivity contribution in [1.29, 1.82) is 0 Å². The molecule has 0 amide bonds. The van der Waals surface area contributed by atoms with Crippen LogP contribution in [0, 0.1) is 6.92 Å². The Hall–Kier alpha value is -1.56. The van der Waals surface area contributed by atoms with Crippen LogP contribution in [0.15, 0.2) is 47.4 Å². The predicted octanol–water partition coefficient (Wildman–Crippen LogP) is 2.94. The van der Waals surface area contributed by atoms with Gasteiger partial charge in [-0.05, 0) is 42.3 Å². The molecule has 2 aromatic rings. The van der Waals surface area contributed by atoms with Crippen molar-refractivity contribution in [1.82, 2.24) is 0 Å². The molecule has 4 nitrogen and oxygen atoms in total. The van der Waals surface area contributed by atoms with E-state index in [2.05, 4.69) is 4.72 Å². The average molecular weight is 312 g/mol. The second kappa shape index (κ2) is 5.83. The largest absolute Gasteiger partial charge is 0.392 e. The maximum absolute atomic E-state index is 12.3. The summed E-state index contributed by atoms with van der Waals surface area (Å²) in [6, 6.07) is 11.1. The molecule has 2 aromatic carbocycles. The molecule has 0 spiro atoms. The molecule has 2 rings (SSSR count). The van der Waals surface area contributed by atoms with E-state index in [9.17, 15) is 8.42 Å². The first-order valence-electron chi connectivity index (χ1n) is 5.91. The standard InChI is InChI=1S/C14H14ClNO3S/c1-10-5-6-12(15)8-14(10)16-20(18,19)13-4-2-3-11(7-13)9-17/h2-8,16-17H,9H2,1H3. The van der Waals surface area contributed by atoms with Crippen LogP contribution in [0.2, 0.25) is 5.02 Å². The molecule has 0 aliphatic heterocycles. The Balaban J connectivity index is 2.38. The Bertz CT molecular complexity index is 729. The number of benzene rings is 2. The fourth-order valence-corrected chi connectivity index (χ4v) is 3.08. The second-order valence-corrected chi connectivity index (χ2v) is 6.49. The monoisotopic (exact) mass is 311 g/mol. The molecule has 0 aromatic heterocycles. The van der Waals surface area contributed by atoms with Gasteiger partial charge in [-0.15, -0.1) is 0 Å². The van der Waals surface area contributed by atoms with Gasteiger partial charge < -0.3 is 5.11 Å². The Morgan fingerprint density at radius 1 is 1.20 bits per heavy atom. The molecule has 0 atom stereocenters. The van der Waals surface area contributed by atoms with Crippen LogP contribution in [0.1, 0.15) is 11.1 Å². The first-order valence-corrected chi connectivity index (χ1v) is 7.77. The fourth-order valence-electron chi connectivity index (χ4n) is 1.72. The van der Waals surface area contributed by atoms with Crippen LogP contribution in [-0.2, 0) is 16.6 Å². The van der Waals surface area contributed by atoms with Crippen molar-refractivity contribution >= 4 is 27.3 Å². The third-order valence-electron chi connectivity index (χ3n) is 2.84. The number of nitrogens with one attached hydrogen (secondary N) is 1. The number of anilines is 1. The number of halogens is 1. The Morgan fingerprint density at radius 3 is 2.65 bits per heavy atom. The molecule has 0 bridgehead atoms. The number of aryl methyl sites for hydroxylation is 1. The smallest absolute Gasteiger partial charge is 0.261 e. The van der Waals surface area contributed by atoms with Gasteiger partial charge in [-0.1, -0.05) is 29.8 Å². The molecule has 0 saturated heterocycles. The van der Waals surface area contributed by atoms with Gasteiger partial charge in [0.1, 0.15) is 0 Å². The van der Waals surface area contributed by atoms with E-state index >= 15 is 0 Å². The van der Waals surface area contributed by atoms with Crippen LogP contribution < -0.4 is 4.72 Å². The molecule has 0 aliphatic rings. The van der Waals surface area contributed by atoms with Gasteiger partial charge in [-0.3, -0.25) is 4.72 Å². The Kier molecular flexibility index (Phi) is 4.32. The zero-order chi connectivity index (χ0) is 14.8. The first kappa shape index (κ1) is 14.8. The summed E-state index contributed by atoms with van der Waals surface area (Å²) >= 11 is 5.87. The van der Waals surface area contributed by atoms with Crippen molar-refractivity contribution in [2.24, 2.45) is 0 Å². The van der Waals surface area contributed by atoms with Crippen molar-refractivity contribution in [3.05, 3.63) is 58.6 Å². The summed E-state index contributed by atoms with van der Waals surface area (Å²) in [5.41, 5.74) is 1.75. The molecule has 0 unspecified atom stereocenters. The van der Waals surface area contributed by atoms with Crippen LogP contribution in [0.5, 0.6) is 0 Å². The number of hydrogen-bond acceptors (Lipinski definition) is 3. The summed E-state index contributed by atoms with van der Waals surface area (Å²) in [4.78, 5) is 0.100. The molecular weight excluding hydrogens is 298 g/mol. The van der Waals surface area contributed by atoms with Crippen molar-refractivity contribution < 1.29 is 13.5 Å². The third-order valence-corrected chi connectivity index (χ3v) is 4.43. The van der Waals surface area contributed by atoms with Crippen molar-refractivity contribution in [3.63, 3.8) is 0 Å². The molecule has 106 valence electrons. The lowest BCUT2D eigenvalue weighted by Crippen LogP contribution is -2.14. The van der Waals surface area contributed by atoms with Crippen LogP contribution in [0.3, 0.4) is 0 Å². The van der Waals surface area contributed by atoms with E-state index in [0.29, 0.717) is 16.3 Å². The minimum atomic E-state index is -3.70. The van der Waals surface area contributed by atoms with Crippen molar-refractivity contribution in [3.8, 4) is 0 Å². The van der Waals surface area contributed by atoms with Gasteiger partial charge in [-0.25, -0.2) is 8.42 Å². The summed E-state index contributed by atoms with van der Waals surface area (Å²) in [5, 5.41) is 9.52. The summed E-state index contributed by atoms with van der Waals surface area (Å²) in [6.45, 7) is 1.58. The number of aliphatic hydroxyl groups excluding tert-OH is 1. The van der Waals surface area contributed by atoms with Crippen LogP contribution in [0.25, 0.3) is 0 Å². The van der Waals surface area contributed by atoms with E-state index in [1.165, 1.54) is 12.1 Å². The van der Waals surface area contributed by atoms with E-state index in [-0.39, 0.29) is 11.5 Å². The first-order chi connectivity index (χ1) is 9.42. The summed E-state index contributed by atoms with van der Waals surface area (Å²) in [5.74, 6) is 0. The highest BCUT2D eigenvalue weighted by atomic mass is 35.5. The number of hydrogen-bond donors (Lipinski definition) is 2.